The summed E-state index contributed by atoms with van der Waals surface area (Å²) in [7, 11) is -2.92. The average molecular weight is 351 g/mol. The Morgan fingerprint density at radius 1 is 1.17 bits per heavy atom. The lowest BCUT2D eigenvalue weighted by Gasteiger charge is -2.08. The number of amidine groups is 1. The van der Waals surface area contributed by atoms with Gasteiger partial charge in [-0.15, -0.1) is 0 Å². The summed E-state index contributed by atoms with van der Waals surface area (Å²) in [5.74, 6) is 0.319. The lowest BCUT2D eigenvalue weighted by molar-refractivity contribution is 0.0951. The van der Waals surface area contributed by atoms with E-state index in [2.05, 4.69) is 15.6 Å². The number of hydrogen-bond donors (Lipinski definition) is 2. The topological polar surface area (TPSA) is 87.6 Å². The van der Waals surface area contributed by atoms with Crippen LogP contribution in [0.5, 0.6) is 0 Å². The van der Waals surface area contributed by atoms with Gasteiger partial charge in [-0.05, 0) is 37.1 Å². The summed E-state index contributed by atoms with van der Waals surface area (Å²) < 4.78 is 23.1. The highest BCUT2D eigenvalue weighted by Crippen LogP contribution is 2.34. The van der Waals surface area contributed by atoms with Gasteiger partial charge in [0.05, 0.1) is 17.5 Å². The molecule has 4 rings (SSSR count). The molecule has 1 aromatic rings. The van der Waals surface area contributed by atoms with Crippen molar-refractivity contribution in [1.82, 2.24) is 5.32 Å². The van der Waals surface area contributed by atoms with Crippen LogP contribution >= 0.6 is 11.8 Å². The van der Waals surface area contributed by atoms with Gasteiger partial charge in [-0.25, -0.2) is 8.42 Å². The molecular weight excluding hydrogens is 334 g/mol. The second kappa shape index (κ2) is 5.52. The molecule has 2 heterocycles. The molecule has 2 atom stereocenters. The molecule has 2 N–H and O–H groups in total. The molecule has 0 radical (unpaired) electrons. The molecule has 2 fully saturated rings. The molecule has 3 aliphatic rings. The zero-order valence-electron chi connectivity index (χ0n) is 12.4. The third-order valence-electron chi connectivity index (χ3n) is 4.13. The fourth-order valence-corrected chi connectivity index (χ4v) is 6.42. The zero-order valence-corrected chi connectivity index (χ0v) is 14.0. The minimum Gasteiger partial charge on any atom is -0.349 e. The first kappa shape index (κ1) is 15.0. The maximum absolute atomic E-state index is 11.9. The molecule has 1 aliphatic carbocycles. The number of sulfone groups is 1. The molecule has 0 unspecified atom stereocenters. The molecule has 0 bridgehead atoms. The summed E-state index contributed by atoms with van der Waals surface area (Å²) in [6.45, 7) is 0. The van der Waals surface area contributed by atoms with Crippen LogP contribution in [0.4, 0.5) is 5.69 Å². The Balaban J connectivity index is 1.39. The molecule has 8 heteroatoms. The molecule has 1 saturated heterocycles. The number of fused-ring (bicyclic) bond motifs is 1. The maximum Gasteiger partial charge on any atom is 0.251 e. The Morgan fingerprint density at radius 2 is 1.91 bits per heavy atom. The van der Waals surface area contributed by atoms with Gasteiger partial charge in [0.15, 0.2) is 15.0 Å². The Kier molecular flexibility index (Phi) is 3.60. The minimum atomic E-state index is -2.92. The van der Waals surface area contributed by atoms with Crippen LogP contribution in [0.1, 0.15) is 23.2 Å². The maximum atomic E-state index is 11.9. The summed E-state index contributed by atoms with van der Waals surface area (Å²) in [5, 5.41) is 6.94. The summed E-state index contributed by atoms with van der Waals surface area (Å²) in [6, 6.07) is 7.47. The van der Waals surface area contributed by atoms with Crippen molar-refractivity contribution in [2.45, 2.75) is 30.2 Å². The van der Waals surface area contributed by atoms with E-state index in [0.29, 0.717) is 11.6 Å². The fraction of sp³-hybridized carbons (Fsp3) is 0.467. The van der Waals surface area contributed by atoms with Crippen LogP contribution in [-0.4, -0.2) is 48.3 Å². The number of amides is 1. The van der Waals surface area contributed by atoms with E-state index in [4.69, 9.17) is 0 Å². The second-order valence-electron chi connectivity index (χ2n) is 6.18. The highest BCUT2D eigenvalue weighted by Gasteiger charge is 2.42. The van der Waals surface area contributed by atoms with Gasteiger partial charge >= 0.3 is 0 Å². The number of nitrogens with zero attached hydrogens (tertiary/aromatic N) is 1. The quantitative estimate of drug-likeness (QED) is 0.856. The van der Waals surface area contributed by atoms with E-state index in [-0.39, 0.29) is 28.7 Å². The van der Waals surface area contributed by atoms with Crippen molar-refractivity contribution in [3.8, 4) is 0 Å². The van der Waals surface area contributed by atoms with Crippen LogP contribution in [0.3, 0.4) is 0 Å². The van der Waals surface area contributed by atoms with Crippen LogP contribution in [0.2, 0.25) is 0 Å². The van der Waals surface area contributed by atoms with Gasteiger partial charge in [0.25, 0.3) is 5.91 Å². The van der Waals surface area contributed by atoms with E-state index < -0.39 is 9.84 Å². The Morgan fingerprint density at radius 3 is 2.57 bits per heavy atom. The number of nitrogens with one attached hydrogen (secondary N) is 2. The largest absolute Gasteiger partial charge is 0.349 e. The number of carbonyl (C=O) groups is 1. The first-order valence-corrected chi connectivity index (χ1v) is 10.3. The van der Waals surface area contributed by atoms with E-state index in [9.17, 15) is 13.2 Å². The van der Waals surface area contributed by atoms with E-state index in [0.717, 1.165) is 23.7 Å². The van der Waals surface area contributed by atoms with E-state index >= 15 is 0 Å². The smallest absolute Gasteiger partial charge is 0.251 e. The van der Waals surface area contributed by atoms with Crippen molar-refractivity contribution in [1.29, 1.82) is 0 Å². The number of rotatable bonds is 3. The zero-order chi connectivity index (χ0) is 16.0. The number of carbonyl (C=O) groups excluding carboxylic acids is 1. The normalized spacial score (nSPS) is 28.1. The van der Waals surface area contributed by atoms with Crippen molar-refractivity contribution >= 4 is 38.4 Å². The summed E-state index contributed by atoms with van der Waals surface area (Å²) >= 11 is 1.49. The summed E-state index contributed by atoms with van der Waals surface area (Å²) in [5.41, 5.74) is 1.49. The SMILES string of the molecule is O=C(NC1CC1)c1ccc(NC2=N[C@@H]3CS(=O)(=O)C[C@H]3S2)cc1. The molecule has 0 aromatic heterocycles. The third-order valence-corrected chi connectivity index (χ3v) is 7.27. The van der Waals surface area contributed by atoms with Gasteiger partial charge in [-0.1, -0.05) is 11.8 Å². The van der Waals surface area contributed by atoms with Crippen molar-refractivity contribution in [3.63, 3.8) is 0 Å². The average Bonchev–Trinajstić information content (AvgIpc) is 3.15. The fourth-order valence-electron chi connectivity index (χ4n) is 2.74. The number of benzene rings is 1. The van der Waals surface area contributed by atoms with Gasteiger partial charge in [0, 0.05) is 22.5 Å². The first-order valence-electron chi connectivity index (χ1n) is 7.61. The van der Waals surface area contributed by atoms with E-state index in [1.165, 1.54) is 11.8 Å². The van der Waals surface area contributed by atoms with E-state index in [1.54, 1.807) is 12.1 Å². The van der Waals surface area contributed by atoms with Gasteiger partial charge in [0.2, 0.25) is 0 Å². The van der Waals surface area contributed by atoms with Crippen LogP contribution in [0, 0.1) is 0 Å². The highest BCUT2D eigenvalue weighted by molar-refractivity contribution is 8.15. The van der Waals surface area contributed by atoms with Crippen LogP contribution < -0.4 is 10.6 Å². The predicted molar refractivity (Wildman–Crippen MR) is 91.8 cm³/mol. The first-order chi connectivity index (χ1) is 11.0. The van der Waals surface area contributed by atoms with Crippen LogP contribution in [0.15, 0.2) is 29.3 Å². The standard InChI is InChI=1S/C15H17N3O3S2/c19-14(16-10-5-6-10)9-1-3-11(4-2-9)17-15-18-12-7-23(20,21)8-13(12)22-15/h1-4,10,12-13H,5-8H2,(H,16,19)(H,17,18)/t12-,13-/m1/s1. The third kappa shape index (κ3) is 3.37. The molecule has 23 heavy (non-hydrogen) atoms. The lowest BCUT2D eigenvalue weighted by Crippen LogP contribution is -2.25. The number of thioether (sulfide) groups is 1. The molecule has 122 valence electrons. The molecule has 1 amide bonds. The van der Waals surface area contributed by atoms with Gasteiger partial charge in [-0.2, -0.15) is 0 Å². The second-order valence-corrected chi connectivity index (χ2v) is 9.57. The van der Waals surface area contributed by atoms with Crippen molar-refractivity contribution in [3.05, 3.63) is 29.8 Å². The van der Waals surface area contributed by atoms with Crippen molar-refractivity contribution in [2.24, 2.45) is 4.99 Å². The Bertz CT molecular complexity index is 770. The van der Waals surface area contributed by atoms with Crippen molar-refractivity contribution < 1.29 is 13.2 Å². The molecule has 0 spiro atoms. The molecule has 1 aromatic carbocycles. The molecule has 1 saturated carbocycles. The number of anilines is 1. The van der Waals surface area contributed by atoms with Crippen LogP contribution in [0.25, 0.3) is 0 Å². The molecule has 6 nitrogen and oxygen atoms in total. The van der Waals surface area contributed by atoms with E-state index in [1.807, 2.05) is 12.1 Å². The monoisotopic (exact) mass is 351 g/mol. The molecular formula is C15H17N3O3S2. The predicted octanol–water partition coefficient (Wildman–Crippen LogP) is 1.26. The Hall–Kier alpha value is -1.54. The molecule has 2 aliphatic heterocycles. The number of aliphatic imine (C=N–C) groups is 1. The van der Waals surface area contributed by atoms with Crippen LogP contribution in [-0.2, 0) is 9.84 Å². The summed E-state index contributed by atoms with van der Waals surface area (Å²) in [6.07, 6.45) is 2.14. The Labute approximate surface area is 139 Å². The van der Waals surface area contributed by atoms with Gasteiger partial charge < -0.3 is 10.6 Å². The summed E-state index contributed by atoms with van der Waals surface area (Å²) in [4.78, 5) is 16.4. The van der Waals surface area contributed by atoms with Crippen molar-refractivity contribution in [2.75, 3.05) is 16.8 Å². The number of hydrogen-bond acceptors (Lipinski definition) is 6. The minimum absolute atomic E-state index is 0.0334. The van der Waals surface area contributed by atoms with Gasteiger partial charge in [-0.3, -0.25) is 9.79 Å². The lowest BCUT2D eigenvalue weighted by atomic mass is 10.2. The van der Waals surface area contributed by atoms with Gasteiger partial charge in [0.1, 0.15) is 0 Å². The highest BCUT2D eigenvalue weighted by atomic mass is 32.2.